The minimum atomic E-state index is -0.743. The number of para-hydroxylation sites is 1. The molecule has 0 aliphatic carbocycles. The summed E-state index contributed by atoms with van der Waals surface area (Å²) in [7, 11) is 0. The Morgan fingerprint density at radius 3 is 2.26 bits per heavy atom. The van der Waals surface area contributed by atoms with Gasteiger partial charge in [0.2, 0.25) is 5.91 Å². The molecule has 2 amide bonds. The van der Waals surface area contributed by atoms with E-state index in [0.29, 0.717) is 52.7 Å². The topological polar surface area (TPSA) is 141 Å². The maximum Gasteiger partial charge on any atom is 0.267 e. The van der Waals surface area contributed by atoms with Gasteiger partial charge in [-0.2, -0.15) is 10.4 Å². The number of nitrogens with zero attached hydrogens (tertiary/aromatic N) is 4. The van der Waals surface area contributed by atoms with Gasteiger partial charge in [-0.25, -0.2) is 4.98 Å². The van der Waals surface area contributed by atoms with E-state index in [-0.39, 0.29) is 11.3 Å². The Kier molecular flexibility index (Phi) is 6.11. The summed E-state index contributed by atoms with van der Waals surface area (Å²) < 4.78 is 1.86. The molecule has 0 saturated heterocycles. The summed E-state index contributed by atoms with van der Waals surface area (Å²) in [5.41, 5.74) is 16.4. The molecule has 34 heavy (non-hydrogen) atoms. The van der Waals surface area contributed by atoms with Crippen LogP contribution in [0, 0.1) is 11.3 Å². The van der Waals surface area contributed by atoms with Crippen molar-refractivity contribution in [1.82, 2.24) is 14.8 Å². The monoisotopic (exact) mass is 452 g/mol. The van der Waals surface area contributed by atoms with Crippen LogP contribution in [0.4, 0.5) is 0 Å². The number of amides is 2. The van der Waals surface area contributed by atoms with Crippen molar-refractivity contribution in [2.45, 2.75) is 33.2 Å². The van der Waals surface area contributed by atoms with Crippen LogP contribution in [0.2, 0.25) is 0 Å². The van der Waals surface area contributed by atoms with Crippen molar-refractivity contribution in [3.05, 3.63) is 82.3 Å². The fraction of sp³-hybridized carbons (Fsp3) is 0.192. The molecule has 0 aliphatic rings. The number of hydrogen-bond acceptors (Lipinski definition) is 5. The van der Waals surface area contributed by atoms with Crippen molar-refractivity contribution in [3.63, 3.8) is 0 Å². The Labute approximate surface area is 196 Å². The summed E-state index contributed by atoms with van der Waals surface area (Å²) in [6.45, 7) is 4.40. The van der Waals surface area contributed by atoms with Gasteiger partial charge in [0.1, 0.15) is 5.69 Å². The van der Waals surface area contributed by atoms with Crippen molar-refractivity contribution in [2.24, 2.45) is 11.5 Å². The summed E-state index contributed by atoms with van der Waals surface area (Å²) >= 11 is 0. The predicted octanol–water partition coefficient (Wildman–Crippen LogP) is 3.34. The summed E-state index contributed by atoms with van der Waals surface area (Å²) in [6, 6.07) is 16.4. The van der Waals surface area contributed by atoms with Gasteiger partial charge >= 0.3 is 0 Å². The molecule has 0 saturated carbocycles. The lowest BCUT2D eigenvalue weighted by Crippen LogP contribution is -2.21. The average Bonchev–Trinajstić information content (AvgIpc) is 3.19. The maximum absolute atomic E-state index is 12.7. The third kappa shape index (κ3) is 3.88. The van der Waals surface area contributed by atoms with Crippen molar-refractivity contribution in [1.29, 1.82) is 5.26 Å². The largest absolute Gasteiger partial charge is 0.366 e. The third-order valence-corrected chi connectivity index (χ3v) is 5.84. The second-order valence-corrected chi connectivity index (χ2v) is 7.90. The van der Waals surface area contributed by atoms with E-state index < -0.39 is 11.8 Å². The first kappa shape index (κ1) is 22.7. The van der Waals surface area contributed by atoms with Crippen LogP contribution in [-0.2, 0) is 19.4 Å². The van der Waals surface area contributed by atoms with E-state index >= 15 is 0 Å². The highest BCUT2D eigenvalue weighted by Crippen LogP contribution is 2.37. The van der Waals surface area contributed by atoms with Crippen molar-refractivity contribution in [2.75, 3.05) is 0 Å². The van der Waals surface area contributed by atoms with Crippen LogP contribution in [-0.4, -0.2) is 26.6 Å². The van der Waals surface area contributed by atoms with Crippen LogP contribution in [0.5, 0.6) is 0 Å². The Morgan fingerprint density at radius 2 is 1.68 bits per heavy atom. The normalized spacial score (nSPS) is 10.9. The summed E-state index contributed by atoms with van der Waals surface area (Å²) in [5.74, 6) is -1.41. The number of nitriles is 1. The molecule has 2 heterocycles. The number of hydrogen-bond donors (Lipinski definition) is 2. The quantitative estimate of drug-likeness (QED) is 0.442. The minimum absolute atomic E-state index is 0.00479. The molecule has 2 aromatic heterocycles. The molecule has 0 fully saturated rings. The molecule has 0 unspecified atom stereocenters. The number of pyridine rings is 1. The molecule has 0 atom stereocenters. The lowest BCUT2D eigenvalue weighted by Gasteiger charge is -2.16. The van der Waals surface area contributed by atoms with Crippen LogP contribution in [0.1, 0.15) is 57.2 Å². The average molecular weight is 453 g/mol. The number of aromatic nitrogens is 3. The molecule has 2 aromatic carbocycles. The smallest absolute Gasteiger partial charge is 0.267 e. The first-order valence-electron chi connectivity index (χ1n) is 11.0. The number of rotatable bonds is 7. The van der Waals surface area contributed by atoms with Crippen LogP contribution in [0.25, 0.3) is 22.0 Å². The van der Waals surface area contributed by atoms with Gasteiger partial charge in [-0.05, 0) is 36.6 Å². The van der Waals surface area contributed by atoms with Crippen molar-refractivity contribution >= 4 is 22.7 Å². The highest BCUT2D eigenvalue weighted by atomic mass is 16.1. The number of primary amides is 2. The maximum atomic E-state index is 12.7. The van der Waals surface area contributed by atoms with E-state index in [1.165, 1.54) is 0 Å². The molecule has 4 N–H and O–H groups in total. The van der Waals surface area contributed by atoms with Gasteiger partial charge in [0.15, 0.2) is 0 Å². The van der Waals surface area contributed by atoms with Gasteiger partial charge in [-0.3, -0.25) is 14.3 Å². The zero-order valence-electron chi connectivity index (χ0n) is 19.0. The van der Waals surface area contributed by atoms with Crippen LogP contribution >= 0.6 is 0 Å². The fourth-order valence-corrected chi connectivity index (χ4v) is 4.33. The summed E-state index contributed by atoms with van der Waals surface area (Å²) in [4.78, 5) is 29.8. The van der Waals surface area contributed by atoms with Gasteiger partial charge in [-0.1, -0.05) is 44.2 Å². The Balaban J connectivity index is 2.02. The molecular formula is C26H24N6O2. The second-order valence-electron chi connectivity index (χ2n) is 7.90. The molecule has 4 rings (SSSR count). The zero-order chi connectivity index (χ0) is 24.4. The van der Waals surface area contributed by atoms with Crippen molar-refractivity contribution in [3.8, 4) is 17.2 Å². The SMILES string of the molecule is CCc1nn(Cc2ccc(C#N)cc2)c(CC)c1-c1c(C(N)=O)nc2ccccc2c1C(N)=O. The minimum Gasteiger partial charge on any atom is -0.366 e. The second kappa shape index (κ2) is 9.16. The van der Waals surface area contributed by atoms with E-state index in [2.05, 4.69) is 11.1 Å². The highest BCUT2D eigenvalue weighted by Gasteiger charge is 2.28. The number of benzene rings is 2. The van der Waals surface area contributed by atoms with E-state index in [1.54, 1.807) is 36.4 Å². The van der Waals surface area contributed by atoms with Gasteiger partial charge in [0.25, 0.3) is 5.91 Å². The number of fused-ring (bicyclic) bond motifs is 1. The fourth-order valence-electron chi connectivity index (χ4n) is 4.33. The summed E-state index contributed by atoms with van der Waals surface area (Å²) in [5, 5.41) is 14.4. The first-order chi connectivity index (χ1) is 16.4. The molecule has 4 aromatic rings. The van der Waals surface area contributed by atoms with Crippen LogP contribution in [0.3, 0.4) is 0 Å². The standard InChI is InChI=1S/C26H24N6O2/c1-3-18-22(20(4-2)32(31-18)14-16-11-9-15(13-27)10-12-16)23-21(25(28)33)17-7-5-6-8-19(17)30-24(23)26(29)34/h5-12H,3-4,14H2,1-2H3,(H2,28,33)(H2,29,34). The Bertz CT molecular complexity index is 1460. The molecule has 0 radical (unpaired) electrons. The van der Waals surface area contributed by atoms with E-state index in [1.807, 2.05) is 30.7 Å². The molecular weight excluding hydrogens is 428 g/mol. The molecule has 0 bridgehead atoms. The molecule has 8 nitrogen and oxygen atoms in total. The van der Waals surface area contributed by atoms with Gasteiger partial charge in [-0.15, -0.1) is 0 Å². The van der Waals surface area contributed by atoms with Gasteiger partial charge in [0, 0.05) is 22.2 Å². The highest BCUT2D eigenvalue weighted by molar-refractivity contribution is 6.15. The van der Waals surface area contributed by atoms with Crippen molar-refractivity contribution < 1.29 is 9.59 Å². The zero-order valence-corrected chi connectivity index (χ0v) is 19.0. The third-order valence-electron chi connectivity index (χ3n) is 5.84. The Morgan fingerprint density at radius 1 is 0.971 bits per heavy atom. The predicted molar refractivity (Wildman–Crippen MR) is 129 cm³/mol. The molecule has 0 aliphatic heterocycles. The number of aryl methyl sites for hydroxylation is 1. The van der Waals surface area contributed by atoms with E-state index in [4.69, 9.17) is 21.8 Å². The lowest BCUT2D eigenvalue weighted by molar-refractivity contribution is 0.0996. The van der Waals surface area contributed by atoms with E-state index in [9.17, 15) is 9.59 Å². The van der Waals surface area contributed by atoms with Gasteiger partial charge in [0.05, 0.1) is 35.0 Å². The lowest BCUT2D eigenvalue weighted by atomic mass is 9.91. The number of carbonyl (C=O) groups excluding carboxylic acids is 2. The van der Waals surface area contributed by atoms with Crippen LogP contribution in [0.15, 0.2) is 48.5 Å². The van der Waals surface area contributed by atoms with Gasteiger partial charge < -0.3 is 11.5 Å². The van der Waals surface area contributed by atoms with E-state index in [0.717, 1.165) is 11.3 Å². The molecule has 8 heteroatoms. The first-order valence-corrected chi connectivity index (χ1v) is 11.0. The number of carbonyl (C=O) groups is 2. The number of nitrogens with two attached hydrogens (primary N) is 2. The summed E-state index contributed by atoms with van der Waals surface area (Å²) in [6.07, 6.45) is 1.15. The van der Waals surface area contributed by atoms with Crippen LogP contribution < -0.4 is 11.5 Å². The Hall–Kier alpha value is -4.51. The molecule has 170 valence electrons. The molecule has 0 spiro atoms.